The molecule has 1 unspecified atom stereocenters. The van der Waals surface area contributed by atoms with E-state index in [0.717, 1.165) is 13.1 Å². The number of thiophene rings is 1. The quantitative estimate of drug-likeness (QED) is 0.915. The Hall–Kier alpha value is -0.650. The van der Waals surface area contributed by atoms with Gasteiger partial charge in [0.2, 0.25) is 0 Å². The highest BCUT2D eigenvalue weighted by atomic mass is 79.9. The van der Waals surface area contributed by atoms with Gasteiger partial charge >= 0.3 is 0 Å². The van der Waals surface area contributed by atoms with Gasteiger partial charge in [-0.25, -0.2) is 0 Å². The maximum Gasteiger partial charge on any atom is 0.0701 e. The highest BCUT2D eigenvalue weighted by Gasteiger charge is 2.23. The molecule has 1 N–H and O–H groups in total. The second-order valence-corrected chi connectivity index (χ2v) is 7.44. The van der Waals surface area contributed by atoms with Crippen molar-refractivity contribution >= 4 is 27.3 Å². The molecule has 0 bridgehead atoms. The van der Waals surface area contributed by atoms with Crippen LogP contribution in [-0.4, -0.2) is 9.78 Å². The molecule has 0 radical (unpaired) electrons. The van der Waals surface area contributed by atoms with Crippen LogP contribution >= 0.6 is 27.3 Å². The number of fused-ring (bicyclic) bond motifs is 1. The van der Waals surface area contributed by atoms with Crippen LogP contribution < -0.4 is 5.32 Å². The summed E-state index contributed by atoms with van der Waals surface area (Å²) >= 11 is 5.31. The zero-order valence-corrected chi connectivity index (χ0v) is 13.4. The molecule has 5 heteroatoms. The number of aryl methyl sites for hydroxylation is 1. The topological polar surface area (TPSA) is 29.9 Å². The van der Waals surface area contributed by atoms with Crippen LogP contribution in [-0.2, 0) is 19.5 Å². The first-order valence-corrected chi connectivity index (χ1v) is 8.41. The van der Waals surface area contributed by atoms with Crippen LogP contribution in [0.2, 0.25) is 0 Å². The minimum Gasteiger partial charge on any atom is -0.305 e. The summed E-state index contributed by atoms with van der Waals surface area (Å²) in [7, 11) is 0. The second-order valence-electron chi connectivity index (χ2n) is 4.89. The molecule has 0 aliphatic heterocycles. The summed E-state index contributed by atoms with van der Waals surface area (Å²) in [5.41, 5.74) is 2.84. The fourth-order valence-corrected chi connectivity index (χ4v) is 4.21. The Morgan fingerprint density at radius 3 is 3.16 bits per heavy atom. The molecule has 1 atom stereocenters. The molecular weight excluding hydrogens is 322 g/mol. The number of nitrogens with one attached hydrogen (secondary N) is 1. The molecule has 0 spiro atoms. The molecule has 1 aliphatic rings. The summed E-state index contributed by atoms with van der Waals surface area (Å²) in [6, 6.07) is 4.76. The third kappa shape index (κ3) is 2.78. The van der Waals surface area contributed by atoms with Crippen molar-refractivity contribution in [3.63, 3.8) is 0 Å². The molecule has 0 saturated heterocycles. The summed E-state index contributed by atoms with van der Waals surface area (Å²) in [5, 5.41) is 8.18. The van der Waals surface area contributed by atoms with Gasteiger partial charge in [-0.15, -0.1) is 11.3 Å². The summed E-state index contributed by atoms with van der Waals surface area (Å²) in [6.45, 7) is 4.07. The number of nitrogens with zero attached hydrogens (tertiary/aromatic N) is 2. The second kappa shape index (κ2) is 5.77. The lowest BCUT2D eigenvalue weighted by Gasteiger charge is -2.24. The molecule has 1 aliphatic carbocycles. The van der Waals surface area contributed by atoms with Crippen LogP contribution in [0.25, 0.3) is 0 Å². The Bertz CT molecular complexity index is 561. The van der Waals surface area contributed by atoms with Gasteiger partial charge in [0.1, 0.15) is 0 Å². The summed E-state index contributed by atoms with van der Waals surface area (Å²) in [4.78, 5) is 1.38. The smallest absolute Gasteiger partial charge is 0.0701 e. The molecule has 0 aromatic carbocycles. The molecular formula is C14H18BrN3S. The monoisotopic (exact) mass is 339 g/mol. The summed E-state index contributed by atoms with van der Waals surface area (Å²) in [6.07, 6.45) is 5.70. The lowest BCUT2D eigenvalue weighted by Crippen LogP contribution is -2.24. The van der Waals surface area contributed by atoms with E-state index in [9.17, 15) is 0 Å². The third-order valence-electron chi connectivity index (χ3n) is 3.71. The van der Waals surface area contributed by atoms with Crippen molar-refractivity contribution in [2.24, 2.45) is 0 Å². The van der Waals surface area contributed by atoms with Crippen LogP contribution in [0, 0.1) is 0 Å². The lowest BCUT2D eigenvalue weighted by molar-refractivity contribution is 0.449. The number of aromatic nitrogens is 2. The van der Waals surface area contributed by atoms with Gasteiger partial charge in [-0.1, -0.05) is 0 Å². The Morgan fingerprint density at radius 1 is 1.53 bits per heavy atom. The number of hydrogen-bond donors (Lipinski definition) is 1. The lowest BCUT2D eigenvalue weighted by atomic mass is 9.93. The van der Waals surface area contributed by atoms with Gasteiger partial charge < -0.3 is 5.32 Å². The minimum absolute atomic E-state index is 0.463. The van der Waals surface area contributed by atoms with Crippen LogP contribution in [0.3, 0.4) is 0 Å². The predicted octanol–water partition coefficient (Wildman–Crippen LogP) is 3.89. The molecule has 2 heterocycles. The highest BCUT2D eigenvalue weighted by Crippen LogP contribution is 2.30. The van der Waals surface area contributed by atoms with E-state index in [4.69, 9.17) is 0 Å². The zero-order valence-electron chi connectivity index (χ0n) is 11.0. The van der Waals surface area contributed by atoms with Gasteiger partial charge in [-0.2, -0.15) is 5.10 Å². The van der Waals surface area contributed by atoms with Crippen molar-refractivity contribution in [3.05, 3.63) is 38.3 Å². The van der Waals surface area contributed by atoms with Crippen molar-refractivity contribution < 1.29 is 0 Å². The fraction of sp³-hybridized carbons (Fsp3) is 0.500. The van der Waals surface area contributed by atoms with Gasteiger partial charge in [0.25, 0.3) is 0 Å². The maximum absolute atomic E-state index is 4.50. The van der Waals surface area contributed by atoms with Crippen molar-refractivity contribution in [3.8, 4) is 0 Å². The largest absolute Gasteiger partial charge is 0.305 e. The van der Waals surface area contributed by atoms with Crippen molar-refractivity contribution in [1.82, 2.24) is 15.1 Å². The molecule has 0 saturated carbocycles. The maximum atomic E-state index is 4.50. The Morgan fingerprint density at radius 2 is 2.42 bits per heavy atom. The zero-order chi connectivity index (χ0) is 13.2. The standard InChI is InChI=1S/C14H18BrN3S/c1-2-18-13-5-3-4-12(11(13)9-17-18)16-8-10-6-7-14(15)19-10/h6-7,9,12,16H,2-5,8H2,1H3. The van der Waals surface area contributed by atoms with E-state index in [2.05, 4.69) is 56.3 Å². The summed E-state index contributed by atoms with van der Waals surface area (Å²) in [5.74, 6) is 0. The van der Waals surface area contributed by atoms with E-state index in [1.54, 1.807) is 11.3 Å². The van der Waals surface area contributed by atoms with Crippen LogP contribution in [0.15, 0.2) is 22.1 Å². The first kappa shape index (κ1) is 13.3. The third-order valence-corrected chi connectivity index (χ3v) is 5.34. The molecule has 2 aromatic heterocycles. The number of hydrogen-bond acceptors (Lipinski definition) is 3. The first-order chi connectivity index (χ1) is 9.28. The molecule has 3 nitrogen and oxygen atoms in total. The Labute approximate surface area is 126 Å². The average Bonchev–Trinajstić information content (AvgIpc) is 3.02. The average molecular weight is 340 g/mol. The molecule has 2 aromatic rings. The Balaban J connectivity index is 1.71. The van der Waals surface area contributed by atoms with Gasteiger partial charge in [0.15, 0.2) is 0 Å². The SMILES string of the molecule is CCn1ncc2c1CCCC2NCc1ccc(Br)s1. The normalized spacial score (nSPS) is 18.5. The number of halogens is 1. The Kier molecular flexibility index (Phi) is 4.05. The van der Waals surface area contributed by atoms with Gasteiger partial charge in [-0.3, -0.25) is 4.68 Å². The van der Waals surface area contributed by atoms with Crippen molar-refractivity contribution in [1.29, 1.82) is 0 Å². The minimum atomic E-state index is 0.463. The molecule has 3 rings (SSSR count). The molecule has 0 amide bonds. The van der Waals surface area contributed by atoms with Gasteiger partial charge in [0.05, 0.1) is 9.98 Å². The van der Waals surface area contributed by atoms with Crippen LogP contribution in [0.1, 0.15) is 41.9 Å². The molecule has 0 fully saturated rings. The van der Waals surface area contributed by atoms with E-state index in [-0.39, 0.29) is 0 Å². The summed E-state index contributed by atoms with van der Waals surface area (Å²) < 4.78 is 3.35. The highest BCUT2D eigenvalue weighted by molar-refractivity contribution is 9.11. The van der Waals surface area contributed by atoms with E-state index in [1.165, 1.54) is 39.2 Å². The number of rotatable bonds is 4. The van der Waals surface area contributed by atoms with Gasteiger partial charge in [-0.05, 0) is 54.2 Å². The van der Waals surface area contributed by atoms with Crippen molar-refractivity contribution in [2.75, 3.05) is 0 Å². The predicted molar refractivity (Wildman–Crippen MR) is 82.4 cm³/mol. The fourth-order valence-electron chi connectivity index (χ4n) is 2.77. The van der Waals surface area contributed by atoms with Crippen LogP contribution in [0.5, 0.6) is 0 Å². The van der Waals surface area contributed by atoms with E-state index in [0.29, 0.717) is 6.04 Å². The van der Waals surface area contributed by atoms with Crippen molar-refractivity contribution in [2.45, 2.75) is 45.3 Å². The van der Waals surface area contributed by atoms with Crippen LogP contribution in [0.4, 0.5) is 0 Å². The van der Waals surface area contributed by atoms with E-state index >= 15 is 0 Å². The molecule has 19 heavy (non-hydrogen) atoms. The van der Waals surface area contributed by atoms with E-state index < -0.39 is 0 Å². The molecule has 102 valence electrons. The van der Waals surface area contributed by atoms with E-state index in [1.807, 2.05) is 0 Å². The first-order valence-electron chi connectivity index (χ1n) is 6.80. The van der Waals surface area contributed by atoms with Gasteiger partial charge in [0, 0.05) is 35.3 Å².